The van der Waals surface area contributed by atoms with E-state index in [1.807, 2.05) is 18.7 Å². The van der Waals surface area contributed by atoms with Gasteiger partial charge in [0.25, 0.3) is 0 Å². The van der Waals surface area contributed by atoms with E-state index in [1.54, 1.807) is 30.3 Å². The van der Waals surface area contributed by atoms with Crippen molar-refractivity contribution in [2.45, 2.75) is 31.9 Å². The van der Waals surface area contributed by atoms with E-state index < -0.39 is 5.60 Å². The minimum atomic E-state index is -1.03. The Balaban J connectivity index is 1.80. The van der Waals surface area contributed by atoms with Gasteiger partial charge in [-0.15, -0.1) is 5.10 Å². The second kappa shape index (κ2) is 5.53. The third-order valence-electron chi connectivity index (χ3n) is 3.87. The third-order valence-corrected chi connectivity index (χ3v) is 3.87. The summed E-state index contributed by atoms with van der Waals surface area (Å²) in [6.07, 6.45) is 4.01. The van der Waals surface area contributed by atoms with Gasteiger partial charge in [0.05, 0.1) is 19.9 Å². The van der Waals surface area contributed by atoms with Crippen molar-refractivity contribution in [1.29, 1.82) is 0 Å². The van der Waals surface area contributed by atoms with Crippen molar-refractivity contribution in [3.63, 3.8) is 0 Å². The van der Waals surface area contributed by atoms with Crippen molar-refractivity contribution in [1.82, 2.24) is 25.0 Å². The van der Waals surface area contributed by atoms with Gasteiger partial charge < -0.3 is 14.7 Å². The highest BCUT2D eigenvalue weighted by Crippen LogP contribution is 2.32. The van der Waals surface area contributed by atoms with Crippen LogP contribution < -0.4 is 9.64 Å². The molecule has 8 nitrogen and oxygen atoms in total. The molecule has 0 saturated carbocycles. The zero-order chi connectivity index (χ0) is 15.7. The van der Waals surface area contributed by atoms with E-state index in [2.05, 4.69) is 20.3 Å². The highest BCUT2D eigenvalue weighted by Gasteiger charge is 2.41. The first kappa shape index (κ1) is 14.7. The number of rotatable bonds is 4. The van der Waals surface area contributed by atoms with Crippen LogP contribution in [0.3, 0.4) is 0 Å². The fourth-order valence-electron chi connectivity index (χ4n) is 2.51. The predicted molar refractivity (Wildman–Crippen MR) is 79.7 cm³/mol. The van der Waals surface area contributed by atoms with Gasteiger partial charge in [-0.25, -0.2) is 9.67 Å². The maximum absolute atomic E-state index is 10.9. The Morgan fingerprint density at radius 1 is 1.41 bits per heavy atom. The summed E-state index contributed by atoms with van der Waals surface area (Å²) < 4.78 is 6.86. The molecule has 2 aromatic rings. The van der Waals surface area contributed by atoms with Crippen molar-refractivity contribution in [3.05, 3.63) is 24.2 Å². The van der Waals surface area contributed by atoms with Gasteiger partial charge >= 0.3 is 0 Å². The summed E-state index contributed by atoms with van der Waals surface area (Å²) in [6.45, 7) is 5.08. The Kier molecular flexibility index (Phi) is 3.69. The zero-order valence-corrected chi connectivity index (χ0v) is 13.0. The van der Waals surface area contributed by atoms with Crippen LogP contribution in [0.2, 0.25) is 0 Å². The molecule has 0 bridgehead atoms. The molecular formula is C14H20N6O2. The third kappa shape index (κ3) is 2.61. The van der Waals surface area contributed by atoms with Crippen LogP contribution in [0.5, 0.6) is 5.88 Å². The lowest BCUT2D eigenvalue weighted by atomic mass is 10.00. The molecule has 0 aromatic carbocycles. The first-order valence-electron chi connectivity index (χ1n) is 7.28. The van der Waals surface area contributed by atoms with Crippen LogP contribution in [0.4, 0.5) is 5.95 Å². The SMILES string of the molecule is COc1ccnc(N2CC[C@@](O)(c3cn(C(C)C)nn3)C2)n1. The Morgan fingerprint density at radius 3 is 2.91 bits per heavy atom. The van der Waals surface area contributed by atoms with Gasteiger partial charge in [-0.2, -0.15) is 4.98 Å². The second-order valence-corrected chi connectivity index (χ2v) is 5.78. The lowest BCUT2D eigenvalue weighted by molar-refractivity contribution is 0.0558. The van der Waals surface area contributed by atoms with Crippen LogP contribution in [0.1, 0.15) is 32.0 Å². The van der Waals surface area contributed by atoms with Crippen LogP contribution in [0.15, 0.2) is 18.5 Å². The maximum Gasteiger partial charge on any atom is 0.228 e. The number of aromatic nitrogens is 5. The molecule has 0 radical (unpaired) electrons. The Morgan fingerprint density at radius 2 is 2.23 bits per heavy atom. The van der Waals surface area contributed by atoms with Crippen molar-refractivity contribution in [2.75, 3.05) is 25.1 Å². The largest absolute Gasteiger partial charge is 0.481 e. The van der Waals surface area contributed by atoms with Crippen molar-refractivity contribution in [3.8, 4) is 5.88 Å². The molecular weight excluding hydrogens is 284 g/mol. The Labute approximate surface area is 128 Å². The molecule has 0 amide bonds. The average molecular weight is 304 g/mol. The summed E-state index contributed by atoms with van der Waals surface area (Å²) in [4.78, 5) is 10.5. The van der Waals surface area contributed by atoms with Gasteiger partial charge in [0, 0.05) is 31.3 Å². The summed E-state index contributed by atoms with van der Waals surface area (Å²) in [5, 5.41) is 19.1. The molecule has 1 N–H and O–H groups in total. The molecule has 2 aromatic heterocycles. The topological polar surface area (TPSA) is 89.2 Å². The fourth-order valence-corrected chi connectivity index (χ4v) is 2.51. The van der Waals surface area contributed by atoms with Crippen LogP contribution in [-0.2, 0) is 5.60 Å². The molecule has 8 heteroatoms. The summed E-state index contributed by atoms with van der Waals surface area (Å²) in [7, 11) is 1.57. The van der Waals surface area contributed by atoms with Gasteiger partial charge in [-0.05, 0) is 13.8 Å². The van der Waals surface area contributed by atoms with Gasteiger partial charge in [0.2, 0.25) is 11.8 Å². The summed E-state index contributed by atoms with van der Waals surface area (Å²) >= 11 is 0. The van der Waals surface area contributed by atoms with Gasteiger partial charge in [0.1, 0.15) is 11.3 Å². The Bertz CT molecular complexity index is 658. The van der Waals surface area contributed by atoms with E-state index >= 15 is 0 Å². The number of hydrogen-bond acceptors (Lipinski definition) is 7. The monoisotopic (exact) mass is 304 g/mol. The van der Waals surface area contributed by atoms with Gasteiger partial charge in [-0.3, -0.25) is 0 Å². The van der Waals surface area contributed by atoms with Crippen molar-refractivity contribution >= 4 is 5.95 Å². The van der Waals surface area contributed by atoms with E-state index in [0.717, 1.165) is 0 Å². The lowest BCUT2D eigenvalue weighted by Gasteiger charge is -2.21. The Hall–Kier alpha value is -2.22. The molecule has 1 atom stereocenters. The summed E-state index contributed by atoms with van der Waals surface area (Å²) in [5.74, 6) is 1.05. The first-order chi connectivity index (χ1) is 10.5. The quantitative estimate of drug-likeness (QED) is 0.891. The van der Waals surface area contributed by atoms with Crippen LogP contribution in [-0.4, -0.2) is 50.3 Å². The highest BCUT2D eigenvalue weighted by molar-refractivity contribution is 5.36. The average Bonchev–Trinajstić information content (AvgIpc) is 3.15. The normalized spacial score (nSPS) is 21.6. The molecule has 22 heavy (non-hydrogen) atoms. The minimum Gasteiger partial charge on any atom is -0.481 e. The number of aliphatic hydroxyl groups is 1. The molecule has 1 aliphatic heterocycles. The number of nitrogens with zero attached hydrogens (tertiary/aromatic N) is 6. The van der Waals surface area contributed by atoms with Crippen molar-refractivity contribution < 1.29 is 9.84 Å². The van der Waals surface area contributed by atoms with E-state index in [1.165, 1.54) is 0 Å². The standard InChI is InChI=1S/C14H20N6O2/c1-10(2)20-8-11(17-18-20)14(21)5-7-19(9-14)13-15-6-4-12(16-13)22-3/h4,6,8,10,21H,5,7,9H2,1-3H3/t14-/m0/s1. The molecule has 1 saturated heterocycles. The number of methoxy groups -OCH3 is 1. The number of anilines is 1. The number of hydrogen-bond donors (Lipinski definition) is 1. The molecule has 0 unspecified atom stereocenters. The molecule has 0 aliphatic carbocycles. The molecule has 118 valence electrons. The molecule has 1 fully saturated rings. The second-order valence-electron chi connectivity index (χ2n) is 5.78. The number of ether oxygens (including phenoxy) is 1. The molecule has 1 aliphatic rings. The fraction of sp³-hybridized carbons (Fsp3) is 0.571. The summed E-state index contributed by atoms with van der Waals surface area (Å²) in [5.41, 5.74) is -0.439. The van der Waals surface area contributed by atoms with Crippen LogP contribution in [0, 0.1) is 0 Å². The maximum atomic E-state index is 10.9. The smallest absolute Gasteiger partial charge is 0.228 e. The van der Waals surface area contributed by atoms with Crippen LogP contribution >= 0.6 is 0 Å². The minimum absolute atomic E-state index is 0.212. The highest BCUT2D eigenvalue weighted by atomic mass is 16.5. The van der Waals surface area contributed by atoms with E-state index in [-0.39, 0.29) is 6.04 Å². The zero-order valence-electron chi connectivity index (χ0n) is 13.0. The number of β-amino-alcohol motifs (C(OH)–C–C–N with tert-alkyl or cyclic N) is 1. The molecule has 0 spiro atoms. The van der Waals surface area contributed by atoms with E-state index in [0.29, 0.717) is 37.0 Å². The lowest BCUT2D eigenvalue weighted by Crippen LogP contribution is -2.32. The molecule has 3 heterocycles. The van der Waals surface area contributed by atoms with E-state index in [4.69, 9.17) is 4.74 Å². The van der Waals surface area contributed by atoms with Crippen LogP contribution in [0.25, 0.3) is 0 Å². The predicted octanol–water partition coefficient (Wildman–Crippen LogP) is 0.755. The van der Waals surface area contributed by atoms with Crippen molar-refractivity contribution in [2.24, 2.45) is 0 Å². The van der Waals surface area contributed by atoms with E-state index in [9.17, 15) is 5.11 Å². The molecule has 3 rings (SSSR count). The van der Waals surface area contributed by atoms with Gasteiger partial charge in [-0.1, -0.05) is 5.21 Å². The first-order valence-corrected chi connectivity index (χ1v) is 7.28. The summed E-state index contributed by atoms with van der Waals surface area (Å²) in [6, 6.07) is 1.91. The van der Waals surface area contributed by atoms with Gasteiger partial charge in [0.15, 0.2) is 0 Å².